The number of hydrogen-bond donors (Lipinski definition) is 1. The number of aromatic nitrogens is 1. The average molecular weight is 286 g/mol. The molecule has 2 heteroatoms. The van der Waals surface area contributed by atoms with Crippen molar-refractivity contribution in [2.75, 3.05) is 6.54 Å². The molecular weight excluding hydrogens is 256 g/mol. The first-order chi connectivity index (χ1) is 10.4. The lowest BCUT2D eigenvalue weighted by Crippen LogP contribution is -2.17. The van der Waals surface area contributed by atoms with E-state index in [0.29, 0.717) is 0 Å². The molecule has 0 atom stereocenters. The Balaban J connectivity index is 2.04. The van der Waals surface area contributed by atoms with Crippen LogP contribution < -0.4 is 5.32 Å². The Bertz CT molecular complexity index is 527. The molecule has 2 aromatic rings. The molecule has 0 saturated heterocycles. The van der Waals surface area contributed by atoms with Crippen LogP contribution >= 0.6 is 0 Å². The molecule has 0 unspecified atom stereocenters. The molecule has 0 saturated carbocycles. The van der Waals surface area contributed by atoms with Gasteiger partial charge in [-0.1, -0.05) is 57.7 Å². The zero-order valence-corrected chi connectivity index (χ0v) is 13.7. The molecule has 2 rings (SSSR count). The Morgan fingerprint density at radius 2 is 1.76 bits per heavy atom. The summed E-state index contributed by atoms with van der Waals surface area (Å²) in [6, 6.07) is 11.1. The fourth-order valence-electron chi connectivity index (χ4n) is 2.94. The van der Waals surface area contributed by atoms with Crippen molar-refractivity contribution in [1.82, 2.24) is 9.88 Å². The molecule has 0 aliphatic rings. The zero-order chi connectivity index (χ0) is 14.9. The van der Waals surface area contributed by atoms with Gasteiger partial charge >= 0.3 is 0 Å². The lowest BCUT2D eigenvalue weighted by molar-refractivity contribution is 0.554. The first-order valence-corrected chi connectivity index (χ1v) is 8.64. The third-order valence-corrected chi connectivity index (χ3v) is 4.11. The highest BCUT2D eigenvalue weighted by Gasteiger charge is 2.07. The maximum Gasteiger partial charge on any atom is 0.0482 e. The largest absolute Gasteiger partial charge is 0.343 e. The summed E-state index contributed by atoms with van der Waals surface area (Å²) >= 11 is 0. The van der Waals surface area contributed by atoms with Crippen LogP contribution in [0.25, 0.3) is 10.9 Å². The summed E-state index contributed by atoms with van der Waals surface area (Å²) in [5.41, 5.74) is 2.82. The van der Waals surface area contributed by atoms with E-state index in [4.69, 9.17) is 0 Å². The van der Waals surface area contributed by atoms with Gasteiger partial charge in [-0.05, 0) is 36.9 Å². The highest BCUT2D eigenvalue weighted by atomic mass is 15.0. The van der Waals surface area contributed by atoms with Crippen molar-refractivity contribution in [3.05, 3.63) is 36.0 Å². The van der Waals surface area contributed by atoms with Crippen molar-refractivity contribution < 1.29 is 0 Å². The molecule has 0 aliphatic carbocycles. The topological polar surface area (TPSA) is 17.0 Å². The number of unbranched alkanes of at least 4 members (excludes halogenated alkanes) is 4. The van der Waals surface area contributed by atoms with Crippen molar-refractivity contribution in [2.24, 2.45) is 0 Å². The highest BCUT2D eigenvalue weighted by molar-refractivity contribution is 5.81. The Kier molecular flexibility index (Phi) is 6.81. The maximum absolute atomic E-state index is 3.54. The third kappa shape index (κ3) is 4.60. The predicted molar refractivity (Wildman–Crippen MR) is 92.7 cm³/mol. The molecule has 116 valence electrons. The molecule has 0 amide bonds. The Hall–Kier alpha value is -1.28. The molecule has 1 aromatic heterocycles. The SMILES string of the molecule is CCCCCCCn1c(CNCCC)cc2ccccc21. The second-order valence-electron chi connectivity index (χ2n) is 5.94. The number of para-hydroxylation sites is 1. The first-order valence-electron chi connectivity index (χ1n) is 8.64. The van der Waals surface area contributed by atoms with E-state index < -0.39 is 0 Å². The van der Waals surface area contributed by atoms with Gasteiger partial charge in [0.25, 0.3) is 0 Å². The highest BCUT2D eigenvalue weighted by Crippen LogP contribution is 2.21. The summed E-state index contributed by atoms with van der Waals surface area (Å²) in [5.74, 6) is 0. The van der Waals surface area contributed by atoms with Crippen molar-refractivity contribution in [1.29, 1.82) is 0 Å². The minimum absolute atomic E-state index is 0.984. The summed E-state index contributed by atoms with van der Waals surface area (Å²) in [5, 5.41) is 4.92. The summed E-state index contributed by atoms with van der Waals surface area (Å²) in [6.07, 6.45) is 7.90. The van der Waals surface area contributed by atoms with E-state index in [2.05, 4.69) is 54.1 Å². The lowest BCUT2D eigenvalue weighted by atomic mass is 10.1. The summed E-state index contributed by atoms with van der Waals surface area (Å²) in [7, 11) is 0. The number of nitrogens with one attached hydrogen (secondary N) is 1. The number of nitrogens with zero attached hydrogens (tertiary/aromatic N) is 1. The van der Waals surface area contributed by atoms with Crippen LogP contribution in [-0.2, 0) is 13.1 Å². The molecule has 0 spiro atoms. The molecule has 1 heterocycles. The molecule has 0 fully saturated rings. The van der Waals surface area contributed by atoms with E-state index in [-0.39, 0.29) is 0 Å². The van der Waals surface area contributed by atoms with Crippen LogP contribution in [0.1, 0.15) is 58.1 Å². The molecular formula is C19H30N2. The molecule has 1 N–H and O–H groups in total. The third-order valence-electron chi connectivity index (χ3n) is 4.11. The van der Waals surface area contributed by atoms with Gasteiger partial charge in [0.2, 0.25) is 0 Å². The molecule has 1 aromatic carbocycles. The van der Waals surface area contributed by atoms with E-state index in [9.17, 15) is 0 Å². The average Bonchev–Trinajstić information content (AvgIpc) is 2.85. The summed E-state index contributed by atoms with van der Waals surface area (Å²) in [4.78, 5) is 0. The quantitative estimate of drug-likeness (QED) is 0.600. The maximum atomic E-state index is 3.54. The minimum atomic E-state index is 0.984. The zero-order valence-electron chi connectivity index (χ0n) is 13.7. The second-order valence-corrected chi connectivity index (χ2v) is 5.94. The van der Waals surface area contributed by atoms with Crippen LogP contribution in [0.15, 0.2) is 30.3 Å². The van der Waals surface area contributed by atoms with E-state index in [1.54, 1.807) is 0 Å². The van der Waals surface area contributed by atoms with Gasteiger partial charge in [0, 0.05) is 24.3 Å². The molecule has 2 nitrogen and oxygen atoms in total. The van der Waals surface area contributed by atoms with Crippen LogP contribution in [-0.4, -0.2) is 11.1 Å². The standard InChI is InChI=1S/C19H30N2/c1-3-5-6-7-10-14-21-18(16-20-13-4-2)15-17-11-8-9-12-19(17)21/h8-9,11-12,15,20H,3-7,10,13-14,16H2,1-2H3. The number of aryl methyl sites for hydroxylation is 1. The van der Waals surface area contributed by atoms with Crippen LogP contribution in [0.2, 0.25) is 0 Å². The van der Waals surface area contributed by atoms with Crippen LogP contribution in [0.4, 0.5) is 0 Å². The van der Waals surface area contributed by atoms with E-state index in [0.717, 1.165) is 19.6 Å². The normalized spacial score (nSPS) is 11.3. The fraction of sp³-hybridized carbons (Fsp3) is 0.579. The van der Waals surface area contributed by atoms with Gasteiger partial charge < -0.3 is 9.88 Å². The number of fused-ring (bicyclic) bond motifs is 1. The van der Waals surface area contributed by atoms with E-state index in [1.165, 1.54) is 55.1 Å². The monoisotopic (exact) mass is 286 g/mol. The van der Waals surface area contributed by atoms with Gasteiger partial charge in [-0.15, -0.1) is 0 Å². The van der Waals surface area contributed by atoms with Crippen molar-refractivity contribution in [3.63, 3.8) is 0 Å². The number of benzene rings is 1. The van der Waals surface area contributed by atoms with Crippen molar-refractivity contribution in [3.8, 4) is 0 Å². The van der Waals surface area contributed by atoms with Gasteiger partial charge in [-0.25, -0.2) is 0 Å². The Morgan fingerprint density at radius 1 is 0.952 bits per heavy atom. The van der Waals surface area contributed by atoms with Gasteiger partial charge in [0.1, 0.15) is 0 Å². The molecule has 0 radical (unpaired) electrons. The van der Waals surface area contributed by atoms with Crippen molar-refractivity contribution in [2.45, 2.75) is 65.5 Å². The lowest BCUT2D eigenvalue weighted by Gasteiger charge is -2.11. The van der Waals surface area contributed by atoms with E-state index >= 15 is 0 Å². The smallest absolute Gasteiger partial charge is 0.0482 e. The summed E-state index contributed by atoms with van der Waals surface area (Å²) < 4.78 is 2.52. The number of hydrogen-bond acceptors (Lipinski definition) is 1. The van der Waals surface area contributed by atoms with Gasteiger partial charge in [-0.3, -0.25) is 0 Å². The Morgan fingerprint density at radius 3 is 2.57 bits per heavy atom. The van der Waals surface area contributed by atoms with Crippen LogP contribution in [0.5, 0.6) is 0 Å². The number of rotatable bonds is 10. The fourth-order valence-corrected chi connectivity index (χ4v) is 2.94. The molecule has 0 bridgehead atoms. The van der Waals surface area contributed by atoms with Crippen molar-refractivity contribution >= 4 is 10.9 Å². The summed E-state index contributed by atoms with van der Waals surface area (Å²) in [6.45, 7) is 7.73. The van der Waals surface area contributed by atoms with E-state index in [1.807, 2.05) is 0 Å². The molecule has 0 aliphatic heterocycles. The van der Waals surface area contributed by atoms with Gasteiger partial charge in [0.15, 0.2) is 0 Å². The molecule has 21 heavy (non-hydrogen) atoms. The second kappa shape index (κ2) is 8.89. The minimum Gasteiger partial charge on any atom is -0.343 e. The Labute approximate surface area is 129 Å². The predicted octanol–water partition coefficient (Wildman–Crippen LogP) is 5.11. The first kappa shape index (κ1) is 16.1. The van der Waals surface area contributed by atoms with Crippen LogP contribution in [0.3, 0.4) is 0 Å². The van der Waals surface area contributed by atoms with Gasteiger partial charge in [0.05, 0.1) is 0 Å². The van der Waals surface area contributed by atoms with Gasteiger partial charge in [-0.2, -0.15) is 0 Å². The van der Waals surface area contributed by atoms with Crippen LogP contribution in [0, 0.1) is 0 Å².